The molecule has 1 aliphatic carbocycles. The molecule has 8 heteroatoms. The van der Waals surface area contributed by atoms with E-state index in [1.165, 1.54) is 24.3 Å². The Morgan fingerprint density at radius 2 is 1.71 bits per heavy atom. The van der Waals surface area contributed by atoms with Crippen molar-refractivity contribution in [3.05, 3.63) is 58.6 Å². The molecule has 2 aliphatic rings. The highest BCUT2D eigenvalue weighted by atomic mass is 35.5. The molecule has 150 valence electrons. The molecule has 0 unspecified atom stereocenters. The van der Waals surface area contributed by atoms with Crippen LogP contribution in [0.15, 0.2) is 41.3 Å². The van der Waals surface area contributed by atoms with Crippen LogP contribution < -0.4 is 4.74 Å². The van der Waals surface area contributed by atoms with Gasteiger partial charge in [0.1, 0.15) is 10.6 Å². The third-order valence-corrected chi connectivity index (χ3v) is 8.72. The van der Waals surface area contributed by atoms with Crippen molar-refractivity contribution in [3.8, 4) is 5.75 Å². The molecule has 0 bridgehead atoms. The smallest absolute Gasteiger partial charge is 0.188 e. The minimum absolute atomic E-state index is 0.0187. The molecule has 0 spiro atoms. The summed E-state index contributed by atoms with van der Waals surface area (Å²) in [6.07, 6.45) is 0.129. The number of fused-ring (bicyclic) bond motifs is 3. The van der Waals surface area contributed by atoms with E-state index in [1.807, 2.05) is 0 Å². The molecule has 1 fully saturated rings. The summed E-state index contributed by atoms with van der Waals surface area (Å²) < 4.78 is 61.0. The van der Waals surface area contributed by atoms with Gasteiger partial charge < -0.3 is 9.84 Å². The van der Waals surface area contributed by atoms with E-state index in [0.29, 0.717) is 17.9 Å². The number of rotatable bonds is 2. The minimum atomic E-state index is -4.16. The van der Waals surface area contributed by atoms with Gasteiger partial charge in [0.15, 0.2) is 21.4 Å². The van der Waals surface area contributed by atoms with Crippen molar-refractivity contribution in [3.63, 3.8) is 0 Å². The molecule has 0 amide bonds. The highest BCUT2D eigenvalue weighted by Crippen LogP contribution is 2.55. The van der Waals surface area contributed by atoms with Crippen LogP contribution in [0.3, 0.4) is 0 Å². The average Bonchev–Trinajstić information content (AvgIpc) is 2.85. The van der Waals surface area contributed by atoms with Gasteiger partial charge in [-0.15, -0.1) is 0 Å². The Labute approximate surface area is 167 Å². The zero-order valence-corrected chi connectivity index (χ0v) is 16.4. The van der Waals surface area contributed by atoms with Crippen LogP contribution in [-0.4, -0.2) is 26.2 Å². The summed E-state index contributed by atoms with van der Waals surface area (Å²) in [5, 5.41) is 10.5. The Morgan fingerprint density at radius 3 is 2.43 bits per heavy atom. The number of hydrogen-bond donors (Lipinski definition) is 1. The normalized spacial score (nSPS) is 27.3. The lowest BCUT2D eigenvalue weighted by Gasteiger charge is -2.43. The van der Waals surface area contributed by atoms with Crippen molar-refractivity contribution in [2.75, 3.05) is 6.61 Å². The molecule has 2 aromatic rings. The summed E-state index contributed by atoms with van der Waals surface area (Å²) >= 11 is 5.90. The van der Waals surface area contributed by atoms with Crippen LogP contribution in [0.25, 0.3) is 0 Å². The quantitative estimate of drug-likeness (QED) is 0.777. The Balaban J connectivity index is 2.03. The highest BCUT2D eigenvalue weighted by Gasteiger charge is 2.58. The number of halogens is 3. The van der Waals surface area contributed by atoms with Gasteiger partial charge in [0, 0.05) is 10.9 Å². The van der Waals surface area contributed by atoms with E-state index in [9.17, 15) is 17.9 Å². The zero-order chi connectivity index (χ0) is 20.1. The number of ether oxygens (including phenoxy) is 1. The predicted octanol–water partition coefficient (Wildman–Crippen LogP) is 4.23. The van der Waals surface area contributed by atoms with E-state index in [-0.39, 0.29) is 35.7 Å². The SMILES string of the molecule is O=S(=O)(c1ccc(Cl)cc1)[C@]12CC[C@@H](O)CC[C@H]1COc1c(F)ccc(F)c12. The van der Waals surface area contributed by atoms with Crippen molar-refractivity contribution in [2.45, 2.75) is 41.4 Å². The second-order valence-electron chi connectivity index (χ2n) is 7.36. The lowest BCUT2D eigenvalue weighted by Crippen LogP contribution is -2.48. The first-order valence-corrected chi connectivity index (χ1v) is 10.9. The predicted molar refractivity (Wildman–Crippen MR) is 100 cm³/mol. The summed E-state index contributed by atoms with van der Waals surface area (Å²) in [6.45, 7) is -0.0626. The maximum absolute atomic E-state index is 15.0. The van der Waals surface area contributed by atoms with Crippen LogP contribution in [0.5, 0.6) is 5.75 Å². The van der Waals surface area contributed by atoms with E-state index in [4.69, 9.17) is 16.3 Å². The van der Waals surface area contributed by atoms with Crippen molar-refractivity contribution in [1.82, 2.24) is 0 Å². The lowest BCUT2D eigenvalue weighted by atomic mass is 9.79. The molecule has 0 aromatic heterocycles. The molecule has 1 aliphatic heterocycles. The summed E-state index contributed by atoms with van der Waals surface area (Å²) in [5.74, 6) is -2.60. The fourth-order valence-corrected chi connectivity index (χ4v) is 6.98. The van der Waals surface area contributed by atoms with Crippen LogP contribution in [0.1, 0.15) is 31.2 Å². The van der Waals surface area contributed by atoms with Gasteiger partial charge in [0.25, 0.3) is 0 Å². The number of aliphatic hydroxyl groups excluding tert-OH is 1. The van der Waals surface area contributed by atoms with E-state index < -0.39 is 38.2 Å². The van der Waals surface area contributed by atoms with Gasteiger partial charge in [0.2, 0.25) is 0 Å². The Kier molecular flexibility index (Phi) is 4.88. The average molecular weight is 429 g/mol. The summed E-state index contributed by atoms with van der Waals surface area (Å²) in [7, 11) is -4.16. The summed E-state index contributed by atoms with van der Waals surface area (Å²) in [4.78, 5) is -0.0187. The van der Waals surface area contributed by atoms with Gasteiger partial charge in [-0.2, -0.15) is 0 Å². The summed E-state index contributed by atoms with van der Waals surface area (Å²) in [5.41, 5.74) is -0.271. The molecule has 1 heterocycles. The largest absolute Gasteiger partial charge is 0.490 e. The van der Waals surface area contributed by atoms with Crippen molar-refractivity contribution in [1.29, 1.82) is 0 Å². The second-order valence-corrected chi connectivity index (χ2v) is 10.0. The third kappa shape index (κ3) is 2.83. The van der Waals surface area contributed by atoms with Gasteiger partial charge in [-0.25, -0.2) is 17.2 Å². The molecule has 0 radical (unpaired) electrons. The standard InChI is InChI=1S/C20H19ClF2O4S/c21-13-2-5-15(6-3-13)28(25,26)20-10-9-14(24)4-1-12(20)11-27-19-17(23)8-7-16(22)18(19)20/h2-3,5-8,12,14,24H,1,4,9-11H2/t12-,14-,20+/m0/s1. The van der Waals surface area contributed by atoms with Crippen molar-refractivity contribution < 1.29 is 27.0 Å². The van der Waals surface area contributed by atoms with E-state index in [2.05, 4.69) is 0 Å². The van der Waals surface area contributed by atoms with Crippen LogP contribution in [-0.2, 0) is 14.6 Å². The number of benzene rings is 2. The van der Waals surface area contributed by atoms with Crippen LogP contribution >= 0.6 is 11.6 Å². The molecule has 4 nitrogen and oxygen atoms in total. The number of sulfone groups is 1. The maximum atomic E-state index is 15.0. The van der Waals surface area contributed by atoms with Crippen molar-refractivity contribution >= 4 is 21.4 Å². The Bertz CT molecular complexity index is 1010. The van der Waals surface area contributed by atoms with Gasteiger partial charge in [-0.1, -0.05) is 11.6 Å². The molecule has 0 saturated heterocycles. The van der Waals surface area contributed by atoms with Gasteiger partial charge in [-0.05, 0) is 62.1 Å². The second kappa shape index (κ2) is 6.97. The monoisotopic (exact) mass is 428 g/mol. The lowest BCUT2D eigenvalue weighted by molar-refractivity contribution is 0.147. The number of aliphatic hydroxyl groups is 1. The molecular formula is C20H19ClF2O4S. The molecule has 4 rings (SSSR count). The Morgan fingerprint density at radius 1 is 1.04 bits per heavy atom. The fourth-order valence-electron chi connectivity index (χ4n) is 4.47. The molecule has 28 heavy (non-hydrogen) atoms. The van der Waals surface area contributed by atoms with E-state index in [1.54, 1.807) is 0 Å². The van der Waals surface area contributed by atoms with Gasteiger partial charge in [0.05, 0.1) is 23.2 Å². The van der Waals surface area contributed by atoms with E-state index in [0.717, 1.165) is 12.1 Å². The van der Waals surface area contributed by atoms with E-state index >= 15 is 4.39 Å². The number of hydrogen-bond acceptors (Lipinski definition) is 4. The molecular weight excluding hydrogens is 410 g/mol. The maximum Gasteiger partial charge on any atom is 0.188 e. The van der Waals surface area contributed by atoms with Crippen LogP contribution in [0.4, 0.5) is 8.78 Å². The zero-order valence-electron chi connectivity index (χ0n) is 14.9. The topological polar surface area (TPSA) is 63.6 Å². The molecule has 1 N–H and O–H groups in total. The molecule has 3 atom stereocenters. The fraction of sp³-hybridized carbons (Fsp3) is 0.400. The third-order valence-electron chi connectivity index (χ3n) is 5.87. The molecule has 1 saturated carbocycles. The van der Waals surface area contributed by atoms with Crippen molar-refractivity contribution in [2.24, 2.45) is 5.92 Å². The first-order chi connectivity index (χ1) is 13.3. The summed E-state index contributed by atoms with van der Waals surface area (Å²) in [6, 6.07) is 7.51. The molecule has 2 aromatic carbocycles. The first-order valence-electron chi connectivity index (χ1n) is 9.07. The first kappa shape index (κ1) is 19.6. The van der Waals surface area contributed by atoms with Gasteiger partial charge in [-0.3, -0.25) is 0 Å². The van der Waals surface area contributed by atoms with Crippen LogP contribution in [0, 0.1) is 17.6 Å². The van der Waals surface area contributed by atoms with Crippen LogP contribution in [0.2, 0.25) is 5.02 Å². The highest BCUT2D eigenvalue weighted by molar-refractivity contribution is 7.92. The Hall–Kier alpha value is -1.70. The van der Waals surface area contributed by atoms with Gasteiger partial charge >= 0.3 is 0 Å². The minimum Gasteiger partial charge on any atom is -0.490 e.